The van der Waals surface area contributed by atoms with Gasteiger partial charge in [-0.15, -0.1) is 0 Å². The minimum atomic E-state index is 0.0811. The van der Waals surface area contributed by atoms with E-state index >= 15 is 0 Å². The van der Waals surface area contributed by atoms with Crippen LogP contribution < -0.4 is 10.6 Å². The molecule has 1 aliphatic carbocycles. The van der Waals surface area contributed by atoms with Crippen molar-refractivity contribution in [3.8, 4) is 0 Å². The standard InChI is InChI=1S/C17H32N2O/c1-12-7-8-14(18-5)13(2)15(20)11-16(19-6)17(3,4)10-9-12/h9,13-14,16,18-19H,7-8,10-11H2,1-6H3/b12-9+. The number of ketones is 1. The molecule has 0 aromatic rings. The minimum Gasteiger partial charge on any atom is -0.316 e. The molecule has 0 spiro atoms. The van der Waals surface area contributed by atoms with E-state index in [2.05, 4.69) is 44.4 Å². The van der Waals surface area contributed by atoms with Gasteiger partial charge >= 0.3 is 0 Å². The third kappa shape index (κ3) is 4.42. The molecule has 3 unspecified atom stereocenters. The van der Waals surface area contributed by atoms with Crippen LogP contribution in [0.15, 0.2) is 11.6 Å². The molecular formula is C17H32N2O. The lowest BCUT2D eigenvalue weighted by Crippen LogP contribution is -2.44. The summed E-state index contributed by atoms with van der Waals surface area (Å²) in [5, 5.41) is 6.68. The van der Waals surface area contributed by atoms with Crippen LogP contribution in [-0.2, 0) is 4.79 Å². The first kappa shape index (κ1) is 17.4. The molecule has 116 valence electrons. The molecule has 3 heteroatoms. The molecule has 2 N–H and O–H groups in total. The average molecular weight is 280 g/mol. The van der Waals surface area contributed by atoms with Crippen LogP contribution in [0, 0.1) is 11.3 Å². The Morgan fingerprint density at radius 2 is 1.90 bits per heavy atom. The van der Waals surface area contributed by atoms with E-state index in [9.17, 15) is 4.79 Å². The smallest absolute Gasteiger partial charge is 0.138 e. The lowest BCUT2D eigenvalue weighted by atomic mass is 9.77. The van der Waals surface area contributed by atoms with Crippen LogP contribution >= 0.6 is 0 Å². The summed E-state index contributed by atoms with van der Waals surface area (Å²) >= 11 is 0. The zero-order valence-corrected chi connectivity index (χ0v) is 14.0. The molecule has 0 aromatic heterocycles. The number of hydrogen-bond acceptors (Lipinski definition) is 3. The SMILES string of the molecule is CNC1CC/C(C)=C/CC(C)(C)C(NC)CC(=O)C1C. The highest BCUT2D eigenvalue weighted by Gasteiger charge is 2.32. The van der Waals surface area contributed by atoms with Crippen LogP contribution in [0.25, 0.3) is 0 Å². The van der Waals surface area contributed by atoms with E-state index in [1.54, 1.807) is 0 Å². The lowest BCUT2D eigenvalue weighted by molar-refractivity contribution is -0.124. The van der Waals surface area contributed by atoms with Gasteiger partial charge in [0.05, 0.1) is 0 Å². The van der Waals surface area contributed by atoms with Crippen LogP contribution in [-0.4, -0.2) is 32.0 Å². The number of Topliss-reactive ketones (excluding diaryl/α,β-unsaturated/α-hetero) is 1. The highest BCUT2D eigenvalue weighted by Crippen LogP contribution is 2.31. The molecule has 20 heavy (non-hydrogen) atoms. The fourth-order valence-corrected chi connectivity index (χ4v) is 3.09. The van der Waals surface area contributed by atoms with Crippen molar-refractivity contribution in [2.75, 3.05) is 14.1 Å². The van der Waals surface area contributed by atoms with Crippen LogP contribution in [0.3, 0.4) is 0 Å². The van der Waals surface area contributed by atoms with Gasteiger partial charge < -0.3 is 10.6 Å². The quantitative estimate of drug-likeness (QED) is 0.764. The van der Waals surface area contributed by atoms with Gasteiger partial charge in [-0.25, -0.2) is 0 Å². The Labute approximate surface area is 124 Å². The Kier molecular flexibility index (Phi) is 6.41. The first-order valence-electron chi connectivity index (χ1n) is 7.84. The largest absolute Gasteiger partial charge is 0.316 e. The van der Waals surface area contributed by atoms with Gasteiger partial charge in [-0.05, 0) is 45.7 Å². The maximum atomic E-state index is 12.6. The Hall–Kier alpha value is -0.670. The zero-order chi connectivity index (χ0) is 15.3. The van der Waals surface area contributed by atoms with Crippen molar-refractivity contribution in [2.45, 2.75) is 65.5 Å². The summed E-state index contributed by atoms with van der Waals surface area (Å²) in [5.41, 5.74) is 1.54. The molecule has 1 aliphatic rings. The van der Waals surface area contributed by atoms with Gasteiger partial charge in [0.1, 0.15) is 5.78 Å². The minimum absolute atomic E-state index is 0.0811. The third-order valence-corrected chi connectivity index (χ3v) is 5.01. The fourth-order valence-electron chi connectivity index (χ4n) is 3.09. The molecule has 0 saturated carbocycles. The second-order valence-corrected chi connectivity index (χ2v) is 6.98. The van der Waals surface area contributed by atoms with Gasteiger partial charge in [0.2, 0.25) is 0 Å². The molecule has 0 aromatic carbocycles. The number of hydrogen-bond donors (Lipinski definition) is 2. The molecule has 0 aliphatic heterocycles. The van der Waals surface area contributed by atoms with Crippen molar-refractivity contribution in [1.29, 1.82) is 0 Å². The highest BCUT2D eigenvalue weighted by atomic mass is 16.1. The van der Waals surface area contributed by atoms with Gasteiger partial charge in [0, 0.05) is 24.4 Å². The zero-order valence-electron chi connectivity index (χ0n) is 14.0. The molecule has 1 rings (SSSR count). The summed E-state index contributed by atoms with van der Waals surface area (Å²) in [4.78, 5) is 12.6. The number of carbonyl (C=O) groups excluding carboxylic acids is 1. The van der Waals surface area contributed by atoms with Crippen LogP contribution in [0.2, 0.25) is 0 Å². The van der Waals surface area contributed by atoms with Crippen molar-refractivity contribution in [1.82, 2.24) is 10.6 Å². The molecule has 0 radical (unpaired) electrons. The molecule has 0 heterocycles. The highest BCUT2D eigenvalue weighted by molar-refractivity contribution is 5.82. The van der Waals surface area contributed by atoms with E-state index in [-0.39, 0.29) is 23.4 Å². The molecule has 0 fully saturated rings. The average Bonchev–Trinajstić information content (AvgIpc) is 2.42. The van der Waals surface area contributed by atoms with Gasteiger partial charge in [0.25, 0.3) is 0 Å². The predicted octanol–water partition coefficient (Wildman–Crippen LogP) is 2.91. The number of nitrogens with one attached hydrogen (secondary N) is 2. The molecule has 0 bridgehead atoms. The normalized spacial score (nSPS) is 35.0. The molecule has 0 amide bonds. The summed E-state index contributed by atoms with van der Waals surface area (Å²) in [7, 11) is 3.93. The lowest BCUT2D eigenvalue weighted by Gasteiger charge is -2.34. The van der Waals surface area contributed by atoms with E-state index in [4.69, 9.17) is 0 Å². The van der Waals surface area contributed by atoms with Gasteiger partial charge in [-0.3, -0.25) is 4.79 Å². The van der Waals surface area contributed by atoms with Gasteiger partial charge in [0.15, 0.2) is 0 Å². The Bertz CT molecular complexity index is 360. The summed E-state index contributed by atoms with van der Waals surface area (Å²) in [6.07, 6.45) is 6.11. The van der Waals surface area contributed by atoms with E-state index in [1.807, 2.05) is 14.1 Å². The van der Waals surface area contributed by atoms with Crippen molar-refractivity contribution in [2.24, 2.45) is 11.3 Å². The first-order valence-corrected chi connectivity index (χ1v) is 7.84. The number of carbonyl (C=O) groups is 1. The Balaban J connectivity index is 3.01. The van der Waals surface area contributed by atoms with Crippen molar-refractivity contribution < 1.29 is 4.79 Å². The summed E-state index contributed by atoms with van der Waals surface area (Å²) in [6, 6.07) is 0.515. The van der Waals surface area contributed by atoms with E-state index in [1.165, 1.54) is 5.57 Å². The maximum Gasteiger partial charge on any atom is 0.138 e. The second-order valence-electron chi connectivity index (χ2n) is 6.98. The fraction of sp³-hybridized carbons (Fsp3) is 0.824. The van der Waals surface area contributed by atoms with Gasteiger partial charge in [-0.2, -0.15) is 0 Å². The second kappa shape index (κ2) is 7.37. The molecule has 3 atom stereocenters. The van der Waals surface area contributed by atoms with E-state index in [0.717, 1.165) is 19.3 Å². The third-order valence-electron chi connectivity index (χ3n) is 5.01. The molecule has 0 saturated heterocycles. The Morgan fingerprint density at radius 3 is 2.45 bits per heavy atom. The van der Waals surface area contributed by atoms with Crippen LogP contribution in [0.1, 0.15) is 53.4 Å². The molecule has 3 nitrogen and oxygen atoms in total. The summed E-state index contributed by atoms with van der Waals surface area (Å²) < 4.78 is 0. The van der Waals surface area contributed by atoms with Crippen LogP contribution in [0.4, 0.5) is 0 Å². The van der Waals surface area contributed by atoms with Crippen molar-refractivity contribution in [3.63, 3.8) is 0 Å². The maximum absolute atomic E-state index is 12.6. The van der Waals surface area contributed by atoms with Crippen molar-refractivity contribution >= 4 is 5.78 Å². The van der Waals surface area contributed by atoms with Gasteiger partial charge in [-0.1, -0.05) is 32.4 Å². The predicted molar refractivity (Wildman–Crippen MR) is 85.9 cm³/mol. The van der Waals surface area contributed by atoms with Crippen molar-refractivity contribution in [3.05, 3.63) is 11.6 Å². The van der Waals surface area contributed by atoms with E-state index in [0.29, 0.717) is 12.2 Å². The summed E-state index contributed by atoms with van der Waals surface area (Å²) in [5.74, 6) is 0.453. The van der Waals surface area contributed by atoms with E-state index < -0.39 is 0 Å². The van der Waals surface area contributed by atoms with Crippen LogP contribution in [0.5, 0.6) is 0 Å². The first-order chi connectivity index (χ1) is 9.31. The monoisotopic (exact) mass is 280 g/mol. The summed E-state index contributed by atoms with van der Waals surface area (Å²) in [6.45, 7) is 8.79. The number of allylic oxidation sites excluding steroid dienone is 2. The topological polar surface area (TPSA) is 41.1 Å². The molecular weight excluding hydrogens is 248 g/mol. The number of rotatable bonds is 2. The Morgan fingerprint density at radius 1 is 1.25 bits per heavy atom.